The molecule has 1 aliphatic rings. The summed E-state index contributed by atoms with van der Waals surface area (Å²) in [5, 5.41) is 2.97. The molecule has 1 heterocycles. The number of carbonyl (C=O) groups is 2. The fourth-order valence-electron chi connectivity index (χ4n) is 3.91. The molecule has 3 aromatic rings. The highest BCUT2D eigenvalue weighted by molar-refractivity contribution is 6.04. The quantitative estimate of drug-likeness (QED) is 0.602. The molecule has 1 atom stereocenters. The Hall–Kier alpha value is -3.60. The van der Waals surface area contributed by atoms with Crippen LogP contribution in [0.25, 0.3) is 11.1 Å². The van der Waals surface area contributed by atoms with E-state index >= 15 is 0 Å². The number of amides is 2. The summed E-state index contributed by atoms with van der Waals surface area (Å²) >= 11 is 0. The third-order valence-corrected chi connectivity index (χ3v) is 5.93. The van der Waals surface area contributed by atoms with E-state index in [2.05, 4.69) is 41.4 Å². The molecule has 1 N–H and O–H groups in total. The number of aryl methyl sites for hydroxylation is 1. The lowest BCUT2D eigenvalue weighted by molar-refractivity contribution is -0.118. The van der Waals surface area contributed by atoms with Crippen molar-refractivity contribution in [1.29, 1.82) is 0 Å². The van der Waals surface area contributed by atoms with Gasteiger partial charge in [0, 0.05) is 37.1 Å². The van der Waals surface area contributed by atoms with Gasteiger partial charge in [0.1, 0.15) is 0 Å². The Bertz CT molecular complexity index is 1040. The summed E-state index contributed by atoms with van der Waals surface area (Å²) in [5.74, 6) is -0.128. The largest absolute Gasteiger partial charge is 0.369 e. The fraction of sp³-hybridized carbons (Fsp3) is 0.231. The lowest BCUT2D eigenvalue weighted by Crippen LogP contribution is -2.33. The van der Waals surface area contributed by atoms with Crippen LogP contribution in [0, 0.1) is 6.92 Å². The zero-order valence-electron chi connectivity index (χ0n) is 17.9. The highest BCUT2D eigenvalue weighted by Crippen LogP contribution is 2.25. The van der Waals surface area contributed by atoms with Crippen molar-refractivity contribution >= 4 is 23.7 Å². The van der Waals surface area contributed by atoms with Gasteiger partial charge in [-0.1, -0.05) is 42.0 Å². The molecule has 1 unspecified atom stereocenters. The third kappa shape index (κ3) is 4.77. The number of nitrogens with one attached hydrogen (secondary N) is 1. The van der Waals surface area contributed by atoms with Gasteiger partial charge in [0.2, 0.25) is 6.41 Å². The molecular weight excluding hydrogens is 386 g/mol. The van der Waals surface area contributed by atoms with Crippen LogP contribution in [-0.2, 0) is 4.79 Å². The minimum atomic E-state index is -0.128. The Labute approximate surface area is 183 Å². The number of anilines is 2. The molecule has 4 rings (SSSR count). The standard InChI is InChI=1S/C26H27N3O2/c1-19-3-5-20(6-4-19)21-7-9-22(10-8-21)26(31)27-23-11-13-24(14-12-23)29-16-15-25(17-29)28(2)18-30/h3-14,18,25H,15-17H2,1-2H3,(H,27,31). The second kappa shape index (κ2) is 9.04. The van der Waals surface area contributed by atoms with Crippen molar-refractivity contribution in [2.24, 2.45) is 0 Å². The Balaban J connectivity index is 1.37. The van der Waals surface area contributed by atoms with Crippen molar-refractivity contribution in [3.05, 3.63) is 83.9 Å². The topological polar surface area (TPSA) is 52.7 Å². The van der Waals surface area contributed by atoms with E-state index in [0.29, 0.717) is 5.56 Å². The normalized spacial score (nSPS) is 15.5. The summed E-state index contributed by atoms with van der Waals surface area (Å²) in [7, 11) is 1.83. The van der Waals surface area contributed by atoms with Crippen LogP contribution in [0.4, 0.5) is 11.4 Å². The third-order valence-electron chi connectivity index (χ3n) is 5.93. The number of hydrogen-bond acceptors (Lipinski definition) is 3. The van der Waals surface area contributed by atoms with Gasteiger partial charge in [-0.3, -0.25) is 9.59 Å². The van der Waals surface area contributed by atoms with E-state index in [0.717, 1.165) is 48.4 Å². The molecule has 0 radical (unpaired) electrons. The molecule has 2 amide bonds. The highest BCUT2D eigenvalue weighted by Gasteiger charge is 2.25. The molecule has 5 heteroatoms. The molecule has 0 aromatic heterocycles. The van der Waals surface area contributed by atoms with Gasteiger partial charge in [0.05, 0.1) is 6.04 Å². The first-order valence-electron chi connectivity index (χ1n) is 10.5. The minimum absolute atomic E-state index is 0.128. The number of benzene rings is 3. The van der Waals surface area contributed by atoms with Gasteiger partial charge in [-0.2, -0.15) is 0 Å². The maximum absolute atomic E-state index is 12.6. The van der Waals surface area contributed by atoms with Gasteiger partial charge < -0.3 is 15.1 Å². The van der Waals surface area contributed by atoms with E-state index in [9.17, 15) is 9.59 Å². The van der Waals surface area contributed by atoms with Crippen molar-refractivity contribution in [1.82, 2.24) is 4.90 Å². The Morgan fingerprint density at radius 2 is 1.58 bits per heavy atom. The molecule has 0 spiro atoms. The second-order valence-electron chi connectivity index (χ2n) is 8.10. The van der Waals surface area contributed by atoms with Crippen LogP contribution in [0.1, 0.15) is 22.3 Å². The van der Waals surface area contributed by atoms with Crippen LogP contribution in [0.5, 0.6) is 0 Å². The molecule has 0 saturated carbocycles. The zero-order chi connectivity index (χ0) is 21.8. The maximum Gasteiger partial charge on any atom is 0.255 e. The number of likely N-dealkylation sites (N-methyl/N-ethyl adjacent to an activating group) is 1. The average Bonchev–Trinajstić information content (AvgIpc) is 3.30. The van der Waals surface area contributed by atoms with E-state index in [1.165, 1.54) is 5.56 Å². The van der Waals surface area contributed by atoms with Gasteiger partial charge >= 0.3 is 0 Å². The second-order valence-corrected chi connectivity index (χ2v) is 8.10. The molecule has 31 heavy (non-hydrogen) atoms. The number of nitrogens with zero attached hydrogens (tertiary/aromatic N) is 2. The van der Waals surface area contributed by atoms with Gasteiger partial charge in [0.25, 0.3) is 5.91 Å². The van der Waals surface area contributed by atoms with Crippen LogP contribution in [0.15, 0.2) is 72.8 Å². The SMILES string of the molecule is Cc1ccc(-c2ccc(C(=O)Nc3ccc(N4CCC(N(C)C=O)C4)cc3)cc2)cc1. The van der Waals surface area contributed by atoms with Crippen molar-refractivity contribution in [3.8, 4) is 11.1 Å². The molecule has 0 bridgehead atoms. The number of rotatable bonds is 6. The highest BCUT2D eigenvalue weighted by atomic mass is 16.1. The van der Waals surface area contributed by atoms with Gasteiger partial charge in [-0.05, 0) is 60.9 Å². The van der Waals surface area contributed by atoms with Crippen molar-refractivity contribution in [2.45, 2.75) is 19.4 Å². The first-order valence-corrected chi connectivity index (χ1v) is 10.5. The van der Waals surface area contributed by atoms with Crippen LogP contribution < -0.4 is 10.2 Å². The molecule has 1 fully saturated rings. The maximum atomic E-state index is 12.6. The zero-order valence-corrected chi connectivity index (χ0v) is 17.9. The molecular formula is C26H27N3O2. The Kier molecular flexibility index (Phi) is 6.03. The summed E-state index contributed by atoms with van der Waals surface area (Å²) in [6.45, 7) is 3.81. The molecule has 1 saturated heterocycles. The Morgan fingerprint density at radius 3 is 2.19 bits per heavy atom. The van der Waals surface area contributed by atoms with Crippen molar-refractivity contribution < 1.29 is 9.59 Å². The van der Waals surface area contributed by atoms with E-state index in [1.54, 1.807) is 4.90 Å². The van der Waals surface area contributed by atoms with E-state index in [-0.39, 0.29) is 11.9 Å². The Morgan fingerprint density at radius 1 is 0.968 bits per heavy atom. The van der Waals surface area contributed by atoms with Crippen LogP contribution in [-0.4, -0.2) is 43.4 Å². The van der Waals surface area contributed by atoms with Gasteiger partial charge in [-0.25, -0.2) is 0 Å². The molecule has 158 valence electrons. The number of carbonyl (C=O) groups excluding carboxylic acids is 2. The van der Waals surface area contributed by atoms with Gasteiger partial charge in [0.15, 0.2) is 0 Å². The summed E-state index contributed by atoms with van der Waals surface area (Å²) in [6, 6.07) is 24.1. The predicted octanol–water partition coefficient (Wildman–Crippen LogP) is 4.58. The summed E-state index contributed by atoms with van der Waals surface area (Å²) in [4.78, 5) is 27.6. The summed E-state index contributed by atoms with van der Waals surface area (Å²) in [5.41, 5.74) is 5.93. The molecule has 0 aliphatic carbocycles. The molecule has 1 aliphatic heterocycles. The molecule has 3 aromatic carbocycles. The van der Waals surface area contributed by atoms with Crippen LogP contribution in [0.2, 0.25) is 0 Å². The van der Waals surface area contributed by atoms with E-state index in [1.807, 2.05) is 55.6 Å². The molecule has 5 nitrogen and oxygen atoms in total. The van der Waals surface area contributed by atoms with Crippen LogP contribution >= 0.6 is 0 Å². The summed E-state index contributed by atoms with van der Waals surface area (Å²) < 4.78 is 0. The fourth-order valence-corrected chi connectivity index (χ4v) is 3.91. The minimum Gasteiger partial charge on any atom is -0.369 e. The number of hydrogen-bond donors (Lipinski definition) is 1. The van der Waals surface area contributed by atoms with E-state index in [4.69, 9.17) is 0 Å². The lowest BCUT2D eigenvalue weighted by atomic mass is 10.0. The van der Waals surface area contributed by atoms with Crippen molar-refractivity contribution in [2.75, 3.05) is 30.4 Å². The van der Waals surface area contributed by atoms with Crippen molar-refractivity contribution in [3.63, 3.8) is 0 Å². The first kappa shape index (κ1) is 20.7. The van der Waals surface area contributed by atoms with E-state index < -0.39 is 0 Å². The smallest absolute Gasteiger partial charge is 0.255 e. The predicted molar refractivity (Wildman–Crippen MR) is 125 cm³/mol. The average molecular weight is 414 g/mol. The van der Waals surface area contributed by atoms with Gasteiger partial charge in [-0.15, -0.1) is 0 Å². The lowest BCUT2D eigenvalue weighted by Gasteiger charge is -2.22. The monoisotopic (exact) mass is 413 g/mol. The van der Waals surface area contributed by atoms with Crippen LogP contribution in [0.3, 0.4) is 0 Å². The summed E-state index contributed by atoms with van der Waals surface area (Å²) in [6.07, 6.45) is 1.85. The first-order chi connectivity index (χ1) is 15.0.